The monoisotopic (exact) mass is 174 g/mol. The maximum Gasteiger partial charge on any atom is 0.122 e. The van der Waals surface area contributed by atoms with Crippen molar-refractivity contribution in [3.63, 3.8) is 0 Å². The SMILES string of the molecule is CNCCCN1CCC(C)(F)C1. The van der Waals surface area contributed by atoms with Crippen molar-refractivity contribution in [2.24, 2.45) is 0 Å². The highest BCUT2D eigenvalue weighted by atomic mass is 19.1. The van der Waals surface area contributed by atoms with Crippen LogP contribution in [0.1, 0.15) is 19.8 Å². The molecule has 1 rings (SSSR count). The van der Waals surface area contributed by atoms with Crippen LogP contribution in [0.25, 0.3) is 0 Å². The van der Waals surface area contributed by atoms with Crippen molar-refractivity contribution < 1.29 is 4.39 Å². The van der Waals surface area contributed by atoms with Crippen LogP contribution in [0.4, 0.5) is 4.39 Å². The molecule has 1 unspecified atom stereocenters. The Balaban J connectivity index is 2.11. The molecule has 0 aromatic carbocycles. The van der Waals surface area contributed by atoms with Crippen molar-refractivity contribution in [1.82, 2.24) is 10.2 Å². The summed E-state index contributed by atoms with van der Waals surface area (Å²) in [5, 5.41) is 3.09. The first-order chi connectivity index (χ1) is 5.64. The Bertz CT molecular complexity index is 136. The van der Waals surface area contributed by atoms with E-state index >= 15 is 0 Å². The van der Waals surface area contributed by atoms with E-state index in [4.69, 9.17) is 0 Å². The van der Waals surface area contributed by atoms with Gasteiger partial charge in [0.1, 0.15) is 5.67 Å². The van der Waals surface area contributed by atoms with Crippen LogP contribution >= 0.6 is 0 Å². The van der Waals surface area contributed by atoms with E-state index in [0.29, 0.717) is 13.0 Å². The number of alkyl halides is 1. The lowest BCUT2D eigenvalue weighted by molar-refractivity contribution is 0.188. The predicted molar refractivity (Wildman–Crippen MR) is 49.1 cm³/mol. The summed E-state index contributed by atoms with van der Waals surface area (Å²) in [4.78, 5) is 2.21. The molecule has 0 amide bonds. The normalized spacial score (nSPS) is 31.2. The van der Waals surface area contributed by atoms with Gasteiger partial charge in [-0.25, -0.2) is 4.39 Å². The number of halogens is 1. The van der Waals surface area contributed by atoms with Gasteiger partial charge in [-0.15, -0.1) is 0 Å². The summed E-state index contributed by atoms with van der Waals surface area (Å²) in [6, 6.07) is 0. The van der Waals surface area contributed by atoms with Gasteiger partial charge in [0.25, 0.3) is 0 Å². The van der Waals surface area contributed by atoms with Crippen molar-refractivity contribution in [3.8, 4) is 0 Å². The minimum absolute atomic E-state index is 0.622. The van der Waals surface area contributed by atoms with Crippen LogP contribution in [0.5, 0.6) is 0 Å². The summed E-state index contributed by atoms with van der Waals surface area (Å²) in [7, 11) is 1.95. The Hall–Kier alpha value is -0.150. The molecule has 1 saturated heterocycles. The van der Waals surface area contributed by atoms with Crippen molar-refractivity contribution in [2.45, 2.75) is 25.4 Å². The third kappa shape index (κ3) is 3.07. The van der Waals surface area contributed by atoms with E-state index in [0.717, 1.165) is 26.1 Å². The van der Waals surface area contributed by atoms with Gasteiger partial charge in [0.2, 0.25) is 0 Å². The van der Waals surface area contributed by atoms with Gasteiger partial charge in [-0.1, -0.05) is 0 Å². The minimum Gasteiger partial charge on any atom is -0.320 e. The average Bonchev–Trinajstić information content (AvgIpc) is 2.31. The van der Waals surface area contributed by atoms with Crippen LogP contribution in [-0.4, -0.2) is 43.8 Å². The number of rotatable bonds is 4. The van der Waals surface area contributed by atoms with E-state index in [1.165, 1.54) is 0 Å². The van der Waals surface area contributed by atoms with E-state index in [2.05, 4.69) is 10.2 Å². The van der Waals surface area contributed by atoms with Crippen molar-refractivity contribution in [2.75, 3.05) is 33.2 Å². The molecule has 1 aliphatic heterocycles. The average molecular weight is 174 g/mol. The first-order valence-corrected chi connectivity index (χ1v) is 4.70. The van der Waals surface area contributed by atoms with Gasteiger partial charge in [0.05, 0.1) is 0 Å². The largest absolute Gasteiger partial charge is 0.320 e. The van der Waals surface area contributed by atoms with Gasteiger partial charge in [-0.2, -0.15) is 0 Å². The minimum atomic E-state index is -0.931. The van der Waals surface area contributed by atoms with Crippen LogP contribution in [0.15, 0.2) is 0 Å². The van der Waals surface area contributed by atoms with E-state index in [9.17, 15) is 4.39 Å². The molecule has 0 spiro atoms. The Kier molecular flexibility index (Phi) is 3.47. The number of nitrogens with zero attached hydrogens (tertiary/aromatic N) is 1. The zero-order valence-electron chi connectivity index (χ0n) is 8.07. The molecule has 0 aromatic heterocycles. The van der Waals surface area contributed by atoms with Gasteiger partial charge >= 0.3 is 0 Å². The first kappa shape index (κ1) is 9.93. The fraction of sp³-hybridized carbons (Fsp3) is 1.00. The van der Waals surface area contributed by atoms with Crippen LogP contribution in [0.2, 0.25) is 0 Å². The number of nitrogens with one attached hydrogen (secondary N) is 1. The molecule has 0 radical (unpaired) electrons. The smallest absolute Gasteiger partial charge is 0.122 e. The van der Waals surface area contributed by atoms with Gasteiger partial charge in [-0.3, -0.25) is 0 Å². The second-order valence-electron chi connectivity index (χ2n) is 3.90. The second kappa shape index (κ2) is 4.19. The molecular weight excluding hydrogens is 155 g/mol. The van der Waals surface area contributed by atoms with Gasteiger partial charge in [0, 0.05) is 13.1 Å². The summed E-state index contributed by atoms with van der Waals surface area (Å²) in [6.07, 6.45) is 1.82. The van der Waals surface area contributed by atoms with Gasteiger partial charge in [-0.05, 0) is 39.9 Å². The lowest BCUT2D eigenvalue weighted by atomic mass is 10.1. The Labute approximate surface area is 74.1 Å². The molecule has 1 heterocycles. The van der Waals surface area contributed by atoms with Crippen molar-refractivity contribution in [3.05, 3.63) is 0 Å². The molecule has 0 bridgehead atoms. The van der Waals surface area contributed by atoms with E-state index < -0.39 is 5.67 Å². The fourth-order valence-corrected chi connectivity index (χ4v) is 1.69. The fourth-order valence-electron chi connectivity index (χ4n) is 1.69. The summed E-state index contributed by atoms with van der Waals surface area (Å²) in [5.74, 6) is 0. The number of hydrogen-bond acceptors (Lipinski definition) is 2. The molecule has 3 heteroatoms. The van der Waals surface area contributed by atoms with Crippen LogP contribution in [0.3, 0.4) is 0 Å². The zero-order valence-corrected chi connectivity index (χ0v) is 8.07. The Morgan fingerprint density at radius 3 is 2.83 bits per heavy atom. The summed E-state index contributed by atoms with van der Waals surface area (Å²) < 4.78 is 13.3. The quantitative estimate of drug-likeness (QED) is 0.640. The molecule has 0 saturated carbocycles. The Morgan fingerprint density at radius 2 is 2.33 bits per heavy atom. The molecule has 72 valence electrons. The van der Waals surface area contributed by atoms with Crippen molar-refractivity contribution >= 4 is 0 Å². The first-order valence-electron chi connectivity index (χ1n) is 4.70. The molecule has 12 heavy (non-hydrogen) atoms. The van der Waals surface area contributed by atoms with Crippen LogP contribution in [-0.2, 0) is 0 Å². The molecule has 1 atom stereocenters. The molecule has 0 aliphatic carbocycles. The third-order valence-corrected chi connectivity index (χ3v) is 2.40. The van der Waals surface area contributed by atoms with Crippen LogP contribution < -0.4 is 5.32 Å². The highest BCUT2D eigenvalue weighted by Gasteiger charge is 2.32. The Morgan fingerprint density at radius 1 is 1.58 bits per heavy atom. The molecule has 1 fully saturated rings. The third-order valence-electron chi connectivity index (χ3n) is 2.40. The van der Waals surface area contributed by atoms with E-state index in [-0.39, 0.29) is 0 Å². The number of likely N-dealkylation sites (tertiary alicyclic amines) is 1. The topological polar surface area (TPSA) is 15.3 Å². The predicted octanol–water partition coefficient (Wildman–Crippen LogP) is 1.03. The zero-order chi connectivity index (χ0) is 9.03. The molecule has 2 nitrogen and oxygen atoms in total. The summed E-state index contributed by atoms with van der Waals surface area (Å²) in [6.45, 7) is 5.30. The lowest BCUT2D eigenvalue weighted by Gasteiger charge is -2.16. The highest BCUT2D eigenvalue weighted by molar-refractivity contribution is 4.86. The maximum atomic E-state index is 13.3. The maximum absolute atomic E-state index is 13.3. The molecular formula is C9H19FN2. The van der Waals surface area contributed by atoms with Crippen molar-refractivity contribution in [1.29, 1.82) is 0 Å². The van der Waals surface area contributed by atoms with Gasteiger partial charge in [0.15, 0.2) is 0 Å². The lowest BCUT2D eigenvalue weighted by Crippen LogP contribution is -2.28. The molecule has 0 aromatic rings. The van der Waals surface area contributed by atoms with Crippen LogP contribution in [0, 0.1) is 0 Å². The standard InChI is InChI=1S/C9H19FN2/c1-9(10)4-7-12(8-9)6-3-5-11-2/h11H,3-8H2,1-2H3. The summed E-state index contributed by atoms with van der Waals surface area (Å²) >= 11 is 0. The highest BCUT2D eigenvalue weighted by Crippen LogP contribution is 2.24. The molecule has 1 N–H and O–H groups in total. The molecule has 1 aliphatic rings. The number of hydrogen-bond donors (Lipinski definition) is 1. The second-order valence-corrected chi connectivity index (χ2v) is 3.90. The summed E-state index contributed by atoms with van der Waals surface area (Å²) in [5.41, 5.74) is -0.931. The van der Waals surface area contributed by atoms with Gasteiger partial charge < -0.3 is 10.2 Å². The van der Waals surface area contributed by atoms with E-state index in [1.807, 2.05) is 7.05 Å². The van der Waals surface area contributed by atoms with E-state index in [1.54, 1.807) is 6.92 Å².